The number of nitrogens with one attached hydrogen (secondary N) is 1. The van der Waals surface area contributed by atoms with Crippen molar-refractivity contribution in [3.8, 4) is 0 Å². The molecule has 0 spiro atoms. The van der Waals surface area contributed by atoms with Gasteiger partial charge in [0.15, 0.2) is 0 Å². The molecule has 0 aliphatic carbocycles. The largest absolute Gasteiger partial charge is 0.351 e. The van der Waals surface area contributed by atoms with Crippen LogP contribution in [0.25, 0.3) is 0 Å². The number of hydrogen-bond acceptors (Lipinski definition) is 2. The Hall–Kier alpha value is -1.06. The van der Waals surface area contributed by atoms with Crippen molar-refractivity contribution in [2.24, 2.45) is 11.3 Å². The number of rotatable bonds is 7. The van der Waals surface area contributed by atoms with E-state index in [0.29, 0.717) is 24.3 Å². The number of unbranched alkanes of at least 4 members (excludes halogenated alkanes) is 4. The predicted octanol–water partition coefficient (Wildman–Crippen LogP) is 3.11. The molecule has 2 aliphatic rings. The van der Waals surface area contributed by atoms with Crippen LogP contribution in [-0.2, 0) is 9.59 Å². The maximum absolute atomic E-state index is 12.2. The number of β-lactam (4-membered cyclic amide) rings is 1. The standard InChI is InChI=1S/C18H32N2O2/c1-4-5-6-7-8-9-15(21)20-12-10-14(11-13-20)16-18(2,3)17(22)19-16/h14,16H,4-13H2,1-3H3,(H,19,22). The lowest BCUT2D eigenvalue weighted by atomic mass is 9.68. The van der Waals surface area contributed by atoms with Crippen LogP contribution in [0.4, 0.5) is 0 Å². The lowest BCUT2D eigenvalue weighted by Gasteiger charge is -2.50. The number of amides is 2. The minimum atomic E-state index is -0.226. The van der Waals surface area contributed by atoms with Crippen LogP contribution >= 0.6 is 0 Å². The summed E-state index contributed by atoms with van der Waals surface area (Å²) in [5.74, 6) is 1.02. The minimum absolute atomic E-state index is 0.170. The van der Waals surface area contributed by atoms with Crippen LogP contribution < -0.4 is 5.32 Å². The summed E-state index contributed by atoms with van der Waals surface area (Å²) in [5.41, 5.74) is -0.226. The Labute approximate surface area is 135 Å². The quantitative estimate of drug-likeness (QED) is 0.580. The lowest BCUT2D eigenvalue weighted by Crippen LogP contribution is -2.68. The van der Waals surface area contributed by atoms with Gasteiger partial charge in [-0.15, -0.1) is 0 Å². The molecule has 2 fully saturated rings. The van der Waals surface area contributed by atoms with E-state index in [1.165, 1.54) is 25.7 Å². The highest BCUT2D eigenvalue weighted by molar-refractivity contribution is 5.89. The highest BCUT2D eigenvalue weighted by Gasteiger charge is 2.51. The molecule has 0 aromatic carbocycles. The van der Waals surface area contributed by atoms with Gasteiger partial charge in [-0.25, -0.2) is 0 Å². The molecule has 22 heavy (non-hydrogen) atoms. The Kier molecular flexibility index (Phi) is 5.87. The zero-order valence-corrected chi connectivity index (χ0v) is 14.5. The molecule has 4 heteroatoms. The first-order valence-corrected chi connectivity index (χ1v) is 9.05. The Morgan fingerprint density at radius 3 is 2.36 bits per heavy atom. The summed E-state index contributed by atoms with van der Waals surface area (Å²) in [4.78, 5) is 25.9. The normalized spacial score (nSPS) is 24.8. The third-order valence-electron chi connectivity index (χ3n) is 5.51. The van der Waals surface area contributed by atoms with E-state index in [-0.39, 0.29) is 11.3 Å². The van der Waals surface area contributed by atoms with E-state index in [1.54, 1.807) is 0 Å². The Morgan fingerprint density at radius 1 is 1.18 bits per heavy atom. The maximum Gasteiger partial charge on any atom is 0.228 e. The van der Waals surface area contributed by atoms with Crippen molar-refractivity contribution in [2.45, 2.75) is 78.2 Å². The van der Waals surface area contributed by atoms with Crippen LogP contribution in [0, 0.1) is 11.3 Å². The average Bonchev–Trinajstić information content (AvgIpc) is 2.52. The van der Waals surface area contributed by atoms with Gasteiger partial charge in [0.25, 0.3) is 0 Å². The van der Waals surface area contributed by atoms with E-state index in [0.717, 1.165) is 32.4 Å². The fraction of sp³-hybridized carbons (Fsp3) is 0.889. The summed E-state index contributed by atoms with van der Waals surface area (Å²) in [5, 5.41) is 3.06. The van der Waals surface area contributed by atoms with Crippen LogP contribution in [0.1, 0.15) is 72.1 Å². The zero-order valence-electron chi connectivity index (χ0n) is 14.5. The minimum Gasteiger partial charge on any atom is -0.351 e. The molecular weight excluding hydrogens is 276 g/mol. The summed E-state index contributed by atoms with van der Waals surface area (Å²) < 4.78 is 0. The van der Waals surface area contributed by atoms with Crippen LogP contribution in [0.5, 0.6) is 0 Å². The van der Waals surface area contributed by atoms with Crippen LogP contribution in [0.3, 0.4) is 0 Å². The number of nitrogens with zero attached hydrogens (tertiary/aromatic N) is 1. The molecule has 126 valence electrons. The van der Waals surface area contributed by atoms with Crippen LogP contribution in [0.2, 0.25) is 0 Å². The van der Waals surface area contributed by atoms with Gasteiger partial charge in [0.2, 0.25) is 11.8 Å². The van der Waals surface area contributed by atoms with E-state index >= 15 is 0 Å². The maximum atomic E-state index is 12.2. The summed E-state index contributed by atoms with van der Waals surface area (Å²) >= 11 is 0. The molecule has 0 aromatic rings. The second kappa shape index (κ2) is 7.47. The van der Waals surface area contributed by atoms with Gasteiger partial charge >= 0.3 is 0 Å². The average molecular weight is 308 g/mol. The SMILES string of the molecule is CCCCCCCC(=O)N1CCC(C2NC(=O)C2(C)C)CC1. The number of piperidine rings is 1. The third kappa shape index (κ3) is 3.82. The smallest absolute Gasteiger partial charge is 0.228 e. The fourth-order valence-corrected chi connectivity index (χ4v) is 3.80. The van der Waals surface area contributed by atoms with E-state index in [1.807, 2.05) is 18.7 Å². The molecule has 0 saturated carbocycles. The Balaban J connectivity index is 1.66. The van der Waals surface area contributed by atoms with Crippen molar-refractivity contribution in [1.29, 1.82) is 0 Å². The summed E-state index contributed by atoms with van der Waals surface area (Å²) in [7, 11) is 0. The molecule has 1 N–H and O–H groups in total. The first-order valence-electron chi connectivity index (χ1n) is 9.05. The highest BCUT2D eigenvalue weighted by atomic mass is 16.2. The van der Waals surface area contributed by atoms with E-state index < -0.39 is 0 Å². The molecule has 2 amide bonds. The van der Waals surface area contributed by atoms with Crippen molar-refractivity contribution in [1.82, 2.24) is 10.2 Å². The van der Waals surface area contributed by atoms with Crippen molar-refractivity contribution in [2.75, 3.05) is 13.1 Å². The predicted molar refractivity (Wildman–Crippen MR) is 88.4 cm³/mol. The molecule has 2 heterocycles. The third-order valence-corrected chi connectivity index (χ3v) is 5.51. The second-order valence-electron chi connectivity index (χ2n) is 7.56. The molecule has 2 saturated heterocycles. The summed E-state index contributed by atoms with van der Waals surface area (Å²) in [6.07, 6.45) is 8.75. The van der Waals surface area contributed by atoms with Crippen LogP contribution in [-0.4, -0.2) is 35.8 Å². The van der Waals surface area contributed by atoms with Gasteiger partial charge in [0, 0.05) is 25.6 Å². The van der Waals surface area contributed by atoms with Crippen LogP contribution in [0.15, 0.2) is 0 Å². The first-order chi connectivity index (χ1) is 10.5. The van der Waals surface area contributed by atoms with E-state index in [4.69, 9.17) is 0 Å². The van der Waals surface area contributed by atoms with Gasteiger partial charge in [-0.05, 0) is 39.0 Å². The molecule has 1 unspecified atom stereocenters. The molecule has 2 aliphatic heterocycles. The molecule has 0 bridgehead atoms. The number of hydrogen-bond donors (Lipinski definition) is 1. The number of likely N-dealkylation sites (tertiary alicyclic amines) is 1. The highest BCUT2D eigenvalue weighted by Crippen LogP contribution is 2.38. The van der Waals surface area contributed by atoms with Gasteiger partial charge < -0.3 is 10.2 Å². The molecule has 1 atom stereocenters. The monoisotopic (exact) mass is 308 g/mol. The van der Waals surface area contributed by atoms with Gasteiger partial charge in [0.1, 0.15) is 0 Å². The number of carbonyl (C=O) groups excluding carboxylic acids is 2. The molecule has 0 aromatic heterocycles. The fourth-order valence-electron chi connectivity index (χ4n) is 3.80. The lowest BCUT2D eigenvalue weighted by molar-refractivity contribution is -0.147. The van der Waals surface area contributed by atoms with Gasteiger partial charge in [-0.2, -0.15) is 0 Å². The molecular formula is C18H32N2O2. The first kappa shape index (κ1) is 17.3. The van der Waals surface area contributed by atoms with E-state index in [9.17, 15) is 9.59 Å². The second-order valence-corrected chi connectivity index (χ2v) is 7.56. The topological polar surface area (TPSA) is 49.4 Å². The number of carbonyl (C=O) groups is 2. The summed E-state index contributed by atoms with van der Waals surface area (Å²) in [6.45, 7) is 8.00. The van der Waals surface area contributed by atoms with E-state index in [2.05, 4.69) is 12.2 Å². The van der Waals surface area contributed by atoms with Gasteiger partial charge in [-0.1, -0.05) is 32.6 Å². The van der Waals surface area contributed by atoms with Crippen molar-refractivity contribution < 1.29 is 9.59 Å². The summed E-state index contributed by atoms with van der Waals surface area (Å²) in [6, 6.07) is 0.297. The molecule has 0 radical (unpaired) electrons. The Bertz CT molecular complexity index is 398. The zero-order chi connectivity index (χ0) is 16.2. The molecule has 2 rings (SSSR count). The van der Waals surface area contributed by atoms with Crippen molar-refractivity contribution >= 4 is 11.8 Å². The van der Waals surface area contributed by atoms with Crippen molar-refractivity contribution in [3.63, 3.8) is 0 Å². The van der Waals surface area contributed by atoms with Gasteiger partial charge in [0.05, 0.1) is 5.41 Å². The Morgan fingerprint density at radius 2 is 1.82 bits per heavy atom. The molecule has 4 nitrogen and oxygen atoms in total. The van der Waals surface area contributed by atoms with Crippen molar-refractivity contribution in [3.05, 3.63) is 0 Å². The van der Waals surface area contributed by atoms with Gasteiger partial charge in [-0.3, -0.25) is 9.59 Å².